The summed E-state index contributed by atoms with van der Waals surface area (Å²) in [5, 5.41) is 0. The van der Waals surface area contributed by atoms with E-state index in [1.54, 1.807) is 0 Å². The Morgan fingerprint density at radius 2 is 1.67 bits per heavy atom. The van der Waals surface area contributed by atoms with Crippen molar-refractivity contribution in [2.75, 3.05) is 0 Å². The van der Waals surface area contributed by atoms with Gasteiger partial charge in [-0.2, -0.15) is 9.90 Å². The molecule has 0 nitrogen and oxygen atoms in total. The van der Waals surface area contributed by atoms with Gasteiger partial charge in [-0.3, -0.25) is 0 Å². The minimum atomic E-state index is 0. The van der Waals surface area contributed by atoms with Gasteiger partial charge in [-0.1, -0.05) is 43.0 Å². The SMILES string of the molecule is C=Cc1ccccc1.P. The molecule has 0 radical (unpaired) electrons. The van der Waals surface area contributed by atoms with Crippen LogP contribution in [-0.4, -0.2) is 0 Å². The van der Waals surface area contributed by atoms with Gasteiger partial charge >= 0.3 is 0 Å². The molecule has 1 aromatic carbocycles. The Morgan fingerprint density at radius 3 is 2.00 bits per heavy atom. The average molecular weight is 138 g/mol. The van der Waals surface area contributed by atoms with Crippen LogP contribution in [0.5, 0.6) is 0 Å². The third-order valence-electron chi connectivity index (χ3n) is 1.04. The van der Waals surface area contributed by atoms with Crippen LogP contribution in [0.25, 0.3) is 6.08 Å². The van der Waals surface area contributed by atoms with Gasteiger partial charge in [0.2, 0.25) is 0 Å². The van der Waals surface area contributed by atoms with Crippen LogP contribution in [0, 0.1) is 0 Å². The molecule has 0 saturated carbocycles. The smallest absolute Gasteiger partial charge is 0.0263 e. The van der Waals surface area contributed by atoms with Crippen LogP contribution in [-0.2, 0) is 0 Å². The van der Waals surface area contributed by atoms with Crippen LogP contribution >= 0.6 is 9.90 Å². The van der Waals surface area contributed by atoms with E-state index in [2.05, 4.69) is 6.58 Å². The molecule has 0 amide bonds. The molecule has 0 aliphatic heterocycles. The van der Waals surface area contributed by atoms with Crippen LogP contribution in [0.3, 0.4) is 0 Å². The second-order valence-corrected chi connectivity index (χ2v) is 1.61. The zero-order valence-electron chi connectivity index (χ0n) is 5.38. The van der Waals surface area contributed by atoms with Crippen molar-refractivity contribution in [3.8, 4) is 0 Å². The zero-order valence-corrected chi connectivity index (χ0v) is 6.79. The van der Waals surface area contributed by atoms with E-state index < -0.39 is 0 Å². The van der Waals surface area contributed by atoms with Crippen molar-refractivity contribution in [1.29, 1.82) is 0 Å². The second kappa shape index (κ2) is 4.29. The van der Waals surface area contributed by atoms with Gasteiger partial charge in [0.1, 0.15) is 0 Å². The highest BCUT2D eigenvalue weighted by Crippen LogP contribution is 1.97. The molecule has 1 atom stereocenters. The lowest BCUT2D eigenvalue weighted by molar-refractivity contribution is 1.67. The van der Waals surface area contributed by atoms with Gasteiger partial charge < -0.3 is 0 Å². The molecule has 0 spiro atoms. The van der Waals surface area contributed by atoms with E-state index in [0.29, 0.717) is 0 Å². The average Bonchev–Trinajstić information content (AvgIpc) is 1.90. The first-order valence-electron chi connectivity index (χ1n) is 2.61. The Morgan fingerprint density at radius 1 is 1.11 bits per heavy atom. The molecule has 1 aromatic rings. The predicted octanol–water partition coefficient (Wildman–Crippen LogP) is 2.39. The molecule has 1 rings (SSSR count). The summed E-state index contributed by atoms with van der Waals surface area (Å²) in [6, 6.07) is 10.0. The Kier molecular flexibility index (Phi) is 4.00. The number of rotatable bonds is 1. The maximum atomic E-state index is 3.63. The first-order valence-corrected chi connectivity index (χ1v) is 2.61. The number of hydrogen-bond acceptors (Lipinski definition) is 0. The van der Waals surface area contributed by atoms with Crippen LogP contribution < -0.4 is 0 Å². The molecule has 48 valence electrons. The first-order chi connectivity index (χ1) is 3.93. The van der Waals surface area contributed by atoms with E-state index in [9.17, 15) is 0 Å². The highest BCUT2D eigenvalue weighted by atomic mass is 31.0. The lowest BCUT2D eigenvalue weighted by atomic mass is 10.2. The van der Waals surface area contributed by atoms with Gasteiger partial charge in [0.15, 0.2) is 0 Å². The van der Waals surface area contributed by atoms with Crippen molar-refractivity contribution < 1.29 is 0 Å². The molecule has 9 heavy (non-hydrogen) atoms. The van der Waals surface area contributed by atoms with Crippen LogP contribution in [0.1, 0.15) is 5.56 Å². The largest absolute Gasteiger partial charge is 0.153 e. The van der Waals surface area contributed by atoms with Gasteiger partial charge in [-0.15, -0.1) is 0 Å². The van der Waals surface area contributed by atoms with Crippen LogP contribution in [0.4, 0.5) is 0 Å². The standard InChI is InChI=1S/C8H8.H3P/c1-2-8-6-4-3-5-7-8;/h2-7H,1H2;1H3. The summed E-state index contributed by atoms with van der Waals surface area (Å²) in [4.78, 5) is 0. The fourth-order valence-corrected chi connectivity index (χ4v) is 0.589. The number of benzene rings is 1. The highest BCUT2D eigenvalue weighted by Gasteiger charge is 1.75. The van der Waals surface area contributed by atoms with Gasteiger partial charge in [-0.25, -0.2) is 0 Å². The molecule has 0 N–H and O–H groups in total. The summed E-state index contributed by atoms with van der Waals surface area (Å²) in [5.74, 6) is 0. The Bertz CT molecular complexity index is 167. The lowest BCUT2D eigenvalue weighted by Crippen LogP contribution is -1.63. The summed E-state index contributed by atoms with van der Waals surface area (Å²) in [6.45, 7) is 3.63. The van der Waals surface area contributed by atoms with Crippen LogP contribution in [0.15, 0.2) is 36.9 Å². The van der Waals surface area contributed by atoms with E-state index >= 15 is 0 Å². The van der Waals surface area contributed by atoms with Crippen molar-refractivity contribution in [3.05, 3.63) is 42.5 Å². The van der Waals surface area contributed by atoms with Crippen molar-refractivity contribution in [2.45, 2.75) is 0 Å². The summed E-state index contributed by atoms with van der Waals surface area (Å²) in [7, 11) is 0. The van der Waals surface area contributed by atoms with Crippen molar-refractivity contribution in [1.82, 2.24) is 0 Å². The maximum Gasteiger partial charge on any atom is -0.0263 e. The summed E-state index contributed by atoms with van der Waals surface area (Å²) in [6.07, 6.45) is 1.83. The van der Waals surface area contributed by atoms with Gasteiger partial charge in [-0.05, 0) is 5.56 Å². The summed E-state index contributed by atoms with van der Waals surface area (Å²) in [5.41, 5.74) is 1.17. The summed E-state index contributed by atoms with van der Waals surface area (Å²) < 4.78 is 0. The first kappa shape index (κ1) is 8.39. The topological polar surface area (TPSA) is 0 Å². The summed E-state index contributed by atoms with van der Waals surface area (Å²) >= 11 is 0. The Labute approximate surface area is 59.2 Å². The molecule has 1 heteroatoms. The van der Waals surface area contributed by atoms with Gasteiger partial charge in [0, 0.05) is 0 Å². The Balaban J connectivity index is 0.000000640. The number of hydrogen-bond donors (Lipinski definition) is 0. The fourth-order valence-electron chi connectivity index (χ4n) is 0.589. The van der Waals surface area contributed by atoms with Crippen molar-refractivity contribution >= 4 is 16.0 Å². The van der Waals surface area contributed by atoms with E-state index in [0.717, 1.165) is 0 Å². The second-order valence-electron chi connectivity index (χ2n) is 1.61. The molecular formula is C8H11P. The molecule has 0 bridgehead atoms. The predicted molar refractivity (Wildman–Crippen MR) is 47.6 cm³/mol. The Hall–Kier alpha value is -0.610. The third kappa shape index (κ3) is 2.43. The van der Waals surface area contributed by atoms with E-state index in [1.165, 1.54) is 5.56 Å². The molecule has 0 fully saturated rings. The minimum absolute atomic E-state index is 0. The monoisotopic (exact) mass is 138 g/mol. The van der Waals surface area contributed by atoms with E-state index in [4.69, 9.17) is 0 Å². The maximum absolute atomic E-state index is 3.63. The zero-order chi connectivity index (χ0) is 5.82. The van der Waals surface area contributed by atoms with Gasteiger partial charge in [0.05, 0.1) is 0 Å². The molecule has 0 aliphatic rings. The molecule has 0 saturated heterocycles. The minimum Gasteiger partial charge on any atom is -0.153 e. The van der Waals surface area contributed by atoms with Crippen LogP contribution in [0.2, 0.25) is 0 Å². The van der Waals surface area contributed by atoms with Gasteiger partial charge in [0.25, 0.3) is 0 Å². The fraction of sp³-hybridized carbons (Fsp3) is 0. The third-order valence-corrected chi connectivity index (χ3v) is 1.04. The molecule has 0 heterocycles. The highest BCUT2D eigenvalue weighted by molar-refractivity contribution is 6.92. The molecule has 0 aromatic heterocycles. The quantitative estimate of drug-likeness (QED) is 0.523. The van der Waals surface area contributed by atoms with E-state index in [-0.39, 0.29) is 9.90 Å². The van der Waals surface area contributed by atoms with Crippen molar-refractivity contribution in [2.24, 2.45) is 0 Å². The lowest BCUT2D eigenvalue weighted by Gasteiger charge is -1.85. The molecule has 1 unspecified atom stereocenters. The van der Waals surface area contributed by atoms with Crippen molar-refractivity contribution in [3.63, 3.8) is 0 Å². The normalized spacial score (nSPS) is 7.56. The molecule has 0 aliphatic carbocycles. The molecular weight excluding hydrogens is 127 g/mol. The van der Waals surface area contributed by atoms with E-state index in [1.807, 2.05) is 36.4 Å².